The third-order valence-corrected chi connectivity index (χ3v) is 6.63. The first-order valence-electron chi connectivity index (χ1n) is 8.93. The van der Waals surface area contributed by atoms with Crippen LogP contribution in [0.2, 0.25) is 10.0 Å². The van der Waals surface area contributed by atoms with E-state index in [-0.39, 0.29) is 5.91 Å². The van der Waals surface area contributed by atoms with Crippen molar-refractivity contribution in [2.24, 2.45) is 4.99 Å². The van der Waals surface area contributed by atoms with Gasteiger partial charge in [0.1, 0.15) is 0 Å². The van der Waals surface area contributed by atoms with E-state index in [2.05, 4.69) is 16.6 Å². The molecule has 0 radical (unpaired) electrons. The van der Waals surface area contributed by atoms with E-state index in [1.54, 1.807) is 35.3 Å². The van der Waals surface area contributed by atoms with E-state index in [1.807, 2.05) is 35.7 Å². The number of rotatable bonds is 5. The molecule has 2 aromatic carbocycles. The number of carbonyl (C=O) groups is 1. The lowest BCUT2D eigenvalue weighted by molar-refractivity contribution is -0.121. The van der Waals surface area contributed by atoms with Gasteiger partial charge < -0.3 is 0 Å². The Hall–Kier alpha value is -2.38. The van der Waals surface area contributed by atoms with Gasteiger partial charge in [0.05, 0.1) is 10.6 Å². The van der Waals surface area contributed by atoms with Gasteiger partial charge in [0, 0.05) is 33.1 Å². The first-order chi connectivity index (χ1) is 14.6. The van der Waals surface area contributed by atoms with Crippen molar-refractivity contribution in [3.05, 3.63) is 87.1 Å². The molecule has 0 atom stereocenters. The average Bonchev–Trinajstić information content (AvgIpc) is 3.32. The van der Waals surface area contributed by atoms with Crippen molar-refractivity contribution in [1.82, 2.24) is 9.88 Å². The summed E-state index contributed by atoms with van der Waals surface area (Å²) in [4.78, 5) is 24.2. The largest absolute Gasteiger partial charge is 0.282 e. The summed E-state index contributed by atoms with van der Waals surface area (Å²) in [5.41, 5.74) is 2.48. The molecule has 1 saturated heterocycles. The van der Waals surface area contributed by atoms with Crippen LogP contribution in [0.15, 0.2) is 76.5 Å². The van der Waals surface area contributed by atoms with Gasteiger partial charge in [0.2, 0.25) is 5.13 Å². The Labute approximate surface area is 192 Å². The molecule has 0 bridgehead atoms. The maximum Gasteiger partial charge on any atom is 0.267 e. The first-order valence-corrected chi connectivity index (χ1v) is 11.4. The number of amidine groups is 1. The second-order valence-electron chi connectivity index (χ2n) is 6.23. The predicted molar refractivity (Wildman–Crippen MR) is 129 cm³/mol. The highest BCUT2D eigenvalue weighted by atomic mass is 35.5. The molecule has 0 saturated carbocycles. The minimum atomic E-state index is -0.172. The summed E-state index contributed by atoms with van der Waals surface area (Å²) < 4.78 is 0. The van der Waals surface area contributed by atoms with E-state index in [0.29, 0.717) is 37.4 Å². The van der Waals surface area contributed by atoms with E-state index < -0.39 is 0 Å². The SMILES string of the molecule is C=CCN1C(=O)/C(=C/c2c(Cl)cccc2Cl)S/C1=N/c1nc(-c2ccccc2)cs1. The fraction of sp³-hybridized carbons (Fsp3) is 0.0455. The molecular formula is C22H15Cl2N3OS2. The molecule has 1 amide bonds. The third-order valence-electron chi connectivity index (χ3n) is 4.23. The molecule has 0 unspecified atom stereocenters. The van der Waals surface area contributed by atoms with Crippen LogP contribution in [-0.4, -0.2) is 27.5 Å². The summed E-state index contributed by atoms with van der Waals surface area (Å²) in [6, 6.07) is 15.1. The van der Waals surface area contributed by atoms with Crippen LogP contribution in [0.1, 0.15) is 5.56 Å². The monoisotopic (exact) mass is 471 g/mol. The molecule has 4 rings (SSSR count). The van der Waals surface area contributed by atoms with Gasteiger partial charge in [-0.15, -0.1) is 17.9 Å². The number of aromatic nitrogens is 1. The molecule has 4 nitrogen and oxygen atoms in total. The predicted octanol–water partition coefficient (Wildman–Crippen LogP) is 6.91. The van der Waals surface area contributed by atoms with Gasteiger partial charge in [-0.3, -0.25) is 9.69 Å². The third kappa shape index (κ3) is 4.37. The summed E-state index contributed by atoms with van der Waals surface area (Å²) in [6.45, 7) is 4.09. The number of hydrogen-bond donors (Lipinski definition) is 0. The number of thiazole rings is 1. The van der Waals surface area contributed by atoms with E-state index in [1.165, 1.54) is 23.1 Å². The van der Waals surface area contributed by atoms with Crippen LogP contribution in [0.25, 0.3) is 17.3 Å². The van der Waals surface area contributed by atoms with E-state index in [4.69, 9.17) is 23.2 Å². The molecule has 0 N–H and O–H groups in total. The summed E-state index contributed by atoms with van der Waals surface area (Å²) in [6.07, 6.45) is 3.37. The molecule has 0 aliphatic carbocycles. The van der Waals surface area contributed by atoms with Crippen LogP contribution < -0.4 is 0 Å². The molecule has 1 fully saturated rings. The van der Waals surface area contributed by atoms with Crippen LogP contribution >= 0.6 is 46.3 Å². The van der Waals surface area contributed by atoms with Gasteiger partial charge in [0.15, 0.2) is 5.17 Å². The molecule has 1 aromatic heterocycles. The van der Waals surface area contributed by atoms with Gasteiger partial charge in [0.25, 0.3) is 5.91 Å². The van der Waals surface area contributed by atoms with Crippen LogP contribution in [0.4, 0.5) is 5.13 Å². The lowest BCUT2D eigenvalue weighted by Crippen LogP contribution is -2.29. The Morgan fingerprint density at radius 1 is 1.10 bits per heavy atom. The molecule has 0 spiro atoms. The number of nitrogens with zero attached hydrogens (tertiary/aromatic N) is 3. The maximum atomic E-state index is 13.0. The Balaban J connectivity index is 1.68. The first kappa shape index (κ1) is 20.9. The molecule has 1 aliphatic rings. The van der Waals surface area contributed by atoms with Crippen LogP contribution in [0.5, 0.6) is 0 Å². The highest BCUT2D eigenvalue weighted by Gasteiger charge is 2.33. The number of thioether (sulfide) groups is 1. The zero-order valence-corrected chi connectivity index (χ0v) is 18.7. The second-order valence-corrected chi connectivity index (χ2v) is 8.89. The van der Waals surface area contributed by atoms with Crippen LogP contribution in [0, 0.1) is 0 Å². The quantitative estimate of drug-likeness (QED) is 0.300. The molecular weight excluding hydrogens is 457 g/mol. The zero-order valence-electron chi connectivity index (χ0n) is 15.6. The molecule has 30 heavy (non-hydrogen) atoms. The lowest BCUT2D eigenvalue weighted by Gasteiger charge is -2.11. The van der Waals surface area contributed by atoms with E-state index in [0.717, 1.165) is 11.3 Å². The van der Waals surface area contributed by atoms with E-state index in [9.17, 15) is 4.79 Å². The lowest BCUT2D eigenvalue weighted by atomic mass is 10.2. The standard InChI is InChI=1S/C22H15Cl2N3OS2/c1-2-11-27-20(28)19(12-15-16(23)9-6-10-17(15)24)30-22(27)26-21-25-18(13-29-21)14-7-4-3-5-8-14/h2-10,12-13H,1,11H2/b19-12-,26-22+. The number of aliphatic imine (C=N–C) groups is 1. The summed E-state index contributed by atoms with van der Waals surface area (Å²) >= 11 is 15.2. The van der Waals surface area contributed by atoms with Crippen molar-refractivity contribution in [3.63, 3.8) is 0 Å². The highest BCUT2D eigenvalue weighted by molar-refractivity contribution is 8.18. The Morgan fingerprint density at radius 3 is 2.53 bits per heavy atom. The summed E-state index contributed by atoms with van der Waals surface area (Å²) in [5.74, 6) is -0.172. The van der Waals surface area contributed by atoms with Crippen molar-refractivity contribution in [3.8, 4) is 11.3 Å². The topological polar surface area (TPSA) is 45.6 Å². The molecule has 150 valence electrons. The molecule has 3 aromatic rings. The molecule has 1 aliphatic heterocycles. The minimum Gasteiger partial charge on any atom is -0.282 e. The number of amides is 1. The van der Waals surface area contributed by atoms with Gasteiger partial charge in [-0.1, -0.05) is 65.7 Å². The number of hydrogen-bond acceptors (Lipinski definition) is 5. The van der Waals surface area contributed by atoms with Crippen molar-refractivity contribution < 1.29 is 4.79 Å². The van der Waals surface area contributed by atoms with Crippen molar-refractivity contribution >= 4 is 68.6 Å². The summed E-state index contributed by atoms with van der Waals surface area (Å²) in [7, 11) is 0. The highest BCUT2D eigenvalue weighted by Crippen LogP contribution is 2.37. The van der Waals surface area contributed by atoms with Gasteiger partial charge in [-0.05, 0) is 30.0 Å². The van der Waals surface area contributed by atoms with Gasteiger partial charge in [-0.2, -0.15) is 4.99 Å². The second kappa shape index (κ2) is 9.18. The van der Waals surface area contributed by atoms with Crippen LogP contribution in [-0.2, 0) is 4.79 Å². The minimum absolute atomic E-state index is 0.172. The number of carbonyl (C=O) groups excluding carboxylic acids is 1. The smallest absolute Gasteiger partial charge is 0.267 e. The van der Waals surface area contributed by atoms with Gasteiger partial charge >= 0.3 is 0 Å². The average molecular weight is 472 g/mol. The number of benzene rings is 2. The van der Waals surface area contributed by atoms with Crippen molar-refractivity contribution in [2.45, 2.75) is 0 Å². The Bertz CT molecular complexity index is 1150. The van der Waals surface area contributed by atoms with Crippen LogP contribution in [0.3, 0.4) is 0 Å². The normalized spacial score (nSPS) is 16.6. The Kier molecular flexibility index (Phi) is 6.39. The van der Waals surface area contributed by atoms with Crippen molar-refractivity contribution in [2.75, 3.05) is 6.54 Å². The fourth-order valence-electron chi connectivity index (χ4n) is 2.80. The van der Waals surface area contributed by atoms with Crippen molar-refractivity contribution in [1.29, 1.82) is 0 Å². The zero-order chi connectivity index (χ0) is 21.1. The number of halogens is 2. The summed E-state index contributed by atoms with van der Waals surface area (Å²) in [5, 5.41) is 4.04. The maximum absolute atomic E-state index is 13.0. The van der Waals surface area contributed by atoms with E-state index >= 15 is 0 Å². The molecule has 8 heteroatoms. The Morgan fingerprint density at radius 2 is 1.83 bits per heavy atom. The molecule has 2 heterocycles. The fourth-order valence-corrected chi connectivity index (χ4v) is 5.03. The van der Waals surface area contributed by atoms with Gasteiger partial charge in [-0.25, -0.2) is 4.98 Å².